The van der Waals surface area contributed by atoms with E-state index in [0.717, 1.165) is 0 Å². The number of rotatable bonds is 4. The van der Waals surface area contributed by atoms with Crippen LogP contribution in [0.1, 0.15) is 17.3 Å². The fourth-order valence-electron chi connectivity index (χ4n) is 1.69. The number of nitrogens with one attached hydrogen (secondary N) is 1. The maximum Gasteiger partial charge on any atom is 0.221 e. The van der Waals surface area contributed by atoms with Crippen LogP contribution in [0.25, 0.3) is 0 Å². The molecule has 4 nitrogen and oxygen atoms in total. The SMILES string of the molecule is CC(=O)Nc1ccccc1Oc1cccc(Cl)c1C=O. The Morgan fingerprint density at radius 2 is 1.85 bits per heavy atom. The van der Waals surface area contributed by atoms with Crippen LogP contribution < -0.4 is 10.1 Å². The first-order chi connectivity index (χ1) is 9.61. The Balaban J connectivity index is 2.38. The van der Waals surface area contributed by atoms with Crippen molar-refractivity contribution in [2.24, 2.45) is 0 Å². The third-order valence-corrected chi connectivity index (χ3v) is 2.88. The largest absolute Gasteiger partial charge is 0.454 e. The summed E-state index contributed by atoms with van der Waals surface area (Å²) < 4.78 is 5.68. The Morgan fingerprint density at radius 3 is 2.55 bits per heavy atom. The van der Waals surface area contributed by atoms with E-state index in [-0.39, 0.29) is 11.5 Å². The molecule has 1 N–H and O–H groups in total. The van der Waals surface area contributed by atoms with E-state index in [1.165, 1.54) is 6.92 Å². The predicted octanol–water partition coefficient (Wildman–Crippen LogP) is 3.90. The van der Waals surface area contributed by atoms with Crippen molar-refractivity contribution in [3.05, 3.63) is 53.1 Å². The van der Waals surface area contributed by atoms with Gasteiger partial charge in [-0.3, -0.25) is 9.59 Å². The van der Waals surface area contributed by atoms with Crippen LogP contribution >= 0.6 is 11.6 Å². The predicted molar refractivity (Wildman–Crippen MR) is 77.7 cm³/mol. The van der Waals surface area contributed by atoms with Crippen molar-refractivity contribution in [1.29, 1.82) is 0 Å². The summed E-state index contributed by atoms with van der Waals surface area (Å²) in [7, 11) is 0. The number of halogens is 1. The second-order valence-corrected chi connectivity index (χ2v) is 4.46. The molecule has 2 aromatic carbocycles. The number of hydrogen-bond donors (Lipinski definition) is 1. The molecule has 0 bridgehead atoms. The highest BCUT2D eigenvalue weighted by Gasteiger charge is 2.11. The van der Waals surface area contributed by atoms with Gasteiger partial charge in [-0.15, -0.1) is 0 Å². The lowest BCUT2D eigenvalue weighted by Crippen LogP contribution is -2.07. The van der Waals surface area contributed by atoms with Crippen LogP contribution in [-0.2, 0) is 4.79 Å². The molecule has 2 aromatic rings. The molecule has 1 amide bonds. The minimum atomic E-state index is -0.206. The van der Waals surface area contributed by atoms with E-state index in [9.17, 15) is 9.59 Å². The van der Waals surface area contributed by atoms with Crippen molar-refractivity contribution >= 4 is 29.5 Å². The molecule has 0 radical (unpaired) electrons. The summed E-state index contributed by atoms with van der Waals surface area (Å²) in [5.74, 6) is 0.570. The molecular weight excluding hydrogens is 278 g/mol. The van der Waals surface area contributed by atoms with Gasteiger partial charge in [-0.2, -0.15) is 0 Å². The summed E-state index contributed by atoms with van der Waals surface area (Å²) in [4.78, 5) is 22.2. The maximum absolute atomic E-state index is 11.2. The quantitative estimate of drug-likeness (QED) is 0.868. The minimum absolute atomic E-state index is 0.206. The van der Waals surface area contributed by atoms with Crippen LogP contribution in [-0.4, -0.2) is 12.2 Å². The molecule has 2 rings (SSSR count). The molecule has 0 saturated carbocycles. The molecule has 0 unspecified atom stereocenters. The lowest BCUT2D eigenvalue weighted by atomic mass is 10.2. The molecule has 0 atom stereocenters. The standard InChI is InChI=1S/C15H12ClNO3/c1-10(19)17-13-6-2-3-7-15(13)20-14-8-4-5-12(16)11(14)9-18/h2-9H,1H3,(H,17,19). The third kappa shape index (κ3) is 3.16. The number of carbonyl (C=O) groups is 2. The number of amides is 1. The highest BCUT2D eigenvalue weighted by atomic mass is 35.5. The molecule has 0 aliphatic carbocycles. The average Bonchev–Trinajstić information content (AvgIpc) is 2.41. The van der Waals surface area contributed by atoms with Gasteiger partial charge in [0.1, 0.15) is 5.75 Å². The normalized spacial score (nSPS) is 9.90. The van der Waals surface area contributed by atoms with Crippen LogP contribution in [0.15, 0.2) is 42.5 Å². The van der Waals surface area contributed by atoms with Crippen molar-refractivity contribution in [2.45, 2.75) is 6.92 Å². The first kappa shape index (κ1) is 14.1. The van der Waals surface area contributed by atoms with E-state index in [2.05, 4.69) is 5.32 Å². The van der Waals surface area contributed by atoms with E-state index in [1.54, 1.807) is 42.5 Å². The van der Waals surface area contributed by atoms with E-state index in [0.29, 0.717) is 28.5 Å². The third-order valence-electron chi connectivity index (χ3n) is 2.55. The lowest BCUT2D eigenvalue weighted by molar-refractivity contribution is -0.114. The van der Waals surface area contributed by atoms with Crippen LogP contribution in [0.3, 0.4) is 0 Å². The number of aldehydes is 1. The Bertz CT molecular complexity index is 655. The zero-order valence-electron chi connectivity index (χ0n) is 10.7. The number of anilines is 1. The van der Waals surface area contributed by atoms with Crippen molar-refractivity contribution in [1.82, 2.24) is 0 Å². The molecular formula is C15H12ClNO3. The molecule has 0 aliphatic heterocycles. The number of para-hydroxylation sites is 2. The summed E-state index contributed by atoms with van der Waals surface area (Å²) in [6.45, 7) is 1.41. The van der Waals surface area contributed by atoms with Gasteiger partial charge >= 0.3 is 0 Å². The zero-order chi connectivity index (χ0) is 14.5. The number of carbonyl (C=O) groups excluding carboxylic acids is 2. The average molecular weight is 290 g/mol. The Labute approximate surface area is 121 Å². The second-order valence-electron chi connectivity index (χ2n) is 4.05. The van der Waals surface area contributed by atoms with E-state index < -0.39 is 0 Å². The van der Waals surface area contributed by atoms with E-state index in [4.69, 9.17) is 16.3 Å². The molecule has 0 aromatic heterocycles. The van der Waals surface area contributed by atoms with Gasteiger partial charge in [0.2, 0.25) is 5.91 Å². The molecule has 20 heavy (non-hydrogen) atoms. The van der Waals surface area contributed by atoms with Crippen LogP contribution in [0, 0.1) is 0 Å². The van der Waals surface area contributed by atoms with Crippen molar-refractivity contribution < 1.29 is 14.3 Å². The van der Waals surface area contributed by atoms with Gasteiger partial charge in [0.25, 0.3) is 0 Å². The Hall–Kier alpha value is -2.33. The Kier molecular flexibility index (Phi) is 4.38. The van der Waals surface area contributed by atoms with Gasteiger partial charge in [0, 0.05) is 6.92 Å². The molecule has 0 saturated heterocycles. The Morgan fingerprint density at radius 1 is 1.15 bits per heavy atom. The van der Waals surface area contributed by atoms with Crippen molar-refractivity contribution in [3.63, 3.8) is 0 Å². The fraction of sp³-hybridized carbons (Fsp3) is 0.0667. The second kappa shape index (κ2) is 6.21. The minimum Gasteiger partial charge on any atom is -0.454 e. The monoisotopic (exact) mass is 289 g/mol. The van der Waals surface area contributed by atoms with E-state index in [1.807, 2.05) is 0 Å². The molecule has 5 heteroatoms. The summed E-state index contributed by atoms with van der Waals surface area (Å²) in [5.41, 5.74) is 0.795. The molecule has 0 spiro atoms. The summed E-state index contributed by atoms with van der Waals surface area (Å²) in [5, 5.41) is 2.97. The van der Waals surface area contributed by atoms with Gasteiger partial charge in [-0.05, 0) is 24.3 Å². The van der Waals surface area contributed by atoms with Gasteiger partial charge in [-0.25, -0.2) is 0 Å². The summed E-state index contributed by atoms with van der Waals surface area (Å²) in [6, 6.07) is 11.9. The summed E-state index contributed by atoms with van der Waals surface area (Å²) >= 11 is 5.94. The first-order valence-electron chi connectivity index (χ1n) is 5.90. The molecule has 102 valence electrons. The van der Waals surface area contributed by atoms with Gasteiger partial charge in [0.15, 0.2) is 12.0 Å². The van der Waals surface area contributed by atoms with Crippen LogP contribution in [0.5, 0.6) is 11.5 Å². The maximum atomic E-state index is 11.2. The smallest absolute Gasteiger partial charge is 0.221 e. The first-order valence-corrected chi connectivity index (χ1v) is 6.28. The topological polar surface area (TPSA) is 55.4 Å². The van der Waals surface area contributed by atoms with Crippen molar-refractivity contribution in [2.75, 3.05) is 5.32 Å². The molecule has 0 heterocycles. The fourth-order valence-corrected chi connectivity index (χ4v) is 1.90. The molecule has 0 fully saturated rings. The van der Waals surface area contributed by atoms with Crippen LogP contribution in [0.4, 0.5) is 5.69 Å². The number of hydrogen-bond acceptors (Lipinski definition) is 3. The highest BCUT2D eigenvalue weighted by Crippen LogP contribution is 2.33. The zero-order valence-corrected chi connectivity index (χ0v) is 11.5. The number of ether oxygens (including phenoxy) is 1. The van der Waals surface area contributed by atoms with Crippen molar-refractivity contribution in [3.8, 4) is 11.5 Å². The number of benzene rings is 2. The molecule has 0 aliphatic rings. The lowest BCUT2D eigenvalue weighted by Gasteiger charge is -2.13. The highest BCUT2D eigenvalue weighted by molar-refractivity contribution is 6.33. The van der Waals surface area contributed by atoms with E-state index >= 15 is 0 Å². The van der Waals surface area contributed by atoms with Crippen LogP contribution in [0.2, 0.25) is 5.02 Å². The van der Waals surface area contributed by atoms with Gasteiger partial charge in [-0.1, -0.05) is 29.8 Å². The summed E-state index contributed by atoms with van der Waals surface area (Å²) in [6.07, 6.45) is 0.638. The van der Waals surface area contributed by atoms with Gasteiger partial charge < -0.3 is 10.1 Å². The van der Waals surface area contributed by atoms with Gasteiger partial charge in [0.05, 0.1) is 16.3 Å².